The summed E-state index contributed by atoms with van der Waals surface area (Å²) in [5, 5.41) is 16.0. The molecule has 0 fully saturated rings. The third-order valence-electron chi connectivity index (χ3n) is 4.65. The van der Waals surface area contributed by atoms with Crippen LogP contribution in [0.25, 0.3) is 0 Å². The molecule has 0 aliphatic rings. The van der Waals surface area contributed by atoms with Crippen molar-refractivity contribution in [3.05, 3.63) is 82.4 Å². The van der Waals surface area contributed by atoms with E-state index in [2.05, 4.69) is 15.8 Å². The Morgan fingerprint density at radius 1 is 1.11 bits per heavy atom. The molecule has 0 atom stereocenters. The van der Waals surface area contributed by atoms with Crippen molar-refractivity contribution in [2.45, 2.75) is 11.1 Å². The highest BCUT2D eigenvalue weighted by atomic mass is 35.5. The number of carbonyl (C=O) groups excluding carboxylic acids is 2. The third-order valence-corrected chi connectivity index (χ3v) is 5.96. The molecular weight excluding hydrogens is 519 g/mol. The number of hydrazone groups is 1. The zero-order valence-electron chi connectivity index (χ0n) is 18.6. The molecule has 3 N–H and O–H groups in total. The first-order chi connectivity index (χ1) is 17.1. The highest BCUT2D eigenvalue weighted by Crippen LogP contribution is 2.31. The maximum absolute atomic E-state index is 12.6. The van der Waals surface area contributed by atoms with E-state index in [-0.39, 0.29) is 28.0 Å². The van der Waals surface area contributed by atoms with Crippen LogP contribution in [0.3, 0.4) is 0 Å². The number of alkyl halides is 3. The van der Waals surface area contributed by atoms with E-state index in [4.69, 9.17) is 16.3 Å². The summed E-state index contributed by atoms with van der Waals surface area (Å²) in [4.78, 5) is 25.0. The molecule has 36 heavy (non-hydrogen) atoms. The van der Waals surface area contributed by atoms with Crippen molar-refractivity contribution in [1.82, 2.24) is 5.43 Å². The van der Waals surface area contributed by atoms with Gasteiger partial charge in [-0.2, -0.15) is 18.3 Å². The summed E-state index contributed by atoms with van der Waals surface area (Å²) in [5.74, 6) is -0.685. The second-order valence-corrected chi connectivity index (χ2v) is 8.64. The minimum Gasteiger partial charge on any atom is -0.506 e. The summed E-state index contributed by atoms with van der Waals surface area (Å²) < 4.78 is 43.2. The highest BCUT2D eigenvalue weighted by Gasteiger charge is 2.29. The molecule has 0 radical (unpaired) electrons. The summed E-state index contributed by atoms with van der Waals surface area (Å²) in [5.41, 5.74) is 2.73. The normalized spacial score (nSPS) is 11.4. The van der Waals surface area contributed by atoms with Gasteiger partial charge in [0.2, 0.25) is 5.91 Å². The molecule has 188 valence electrons. The number of amides is 2. The van der Waals surface area contributed by atoms with E-state index in [1.165, 1.54) is 43.7 Å². The Hall–Kier alpha value is -3.70. The molecule has 2 amide bonds. The quantitative estimate of drug-likeness (QED) is 0.198. The number of carbonyl (C=O) groups is 2. The Kier molecular flexibility index (Phi) is 8.83. The first-order valence-electron chi connectivity index (χ1n) is 10.2. The molecule has 0 spiro atoms. The molecule has 12 heteroatoms. The van der Waals surface area contributed by atoms with Gasteiger partial charge in [0.15, 0.2) is 0 Å². The summed E-state index contributed by atoms with van der Waals surface area (Å²) in [6.07, 6.45) is -3.06. The SMILES string of the molecule is COc1cc(NC(=O)CSc2ccc(C(F)(F)F)cc2)ccc1/C=N/NC(=O)c1ccc(O)c(Cl)c1. The van der Waals surface area contributed by atoms with Gasteiger partial charge in [-0.1, -0.05) is 11.6 Å². The number of thioether (sulfide) groups is 1. The Bertz CT molecular complexity index is 1280. The van der Waals surface area contributed by atoms with Gasteiger partial charge in [0.1, 0.15) is 11.5 Å². The van der Waals surface area contributed by atoms with Crippen LogP contribution in [0.2, 0.25) is 5.02 Å². The van der Waals surface area contributed by atoms with Crippen molar-refractivity contribution in [2.24, 2.45) is 5.10 Å². The molecule has 3 rings (SSSR count). The van der Waals surface area contributed by atoms with E-state index in [1.807, 2.05) is 0 Å². The first-order valence-corrected chi connectivity index (χ1v) is 11.5. The van der Waals surface area contributed by atoms with Crippen LogP contribution in [-0.2, 0) is 11.0 Å². The average Bonchev–Trinajstić information content (AvgIpc) is 2.84. The fourth-order valence-corrected chi connectivity index (χ4v) is 3.73. The Morgan fingerprint density at radius 2 is 1.83 bits per heavy atom. The number of aromatic hydroxyl groups is 1. The number of nitrogens with zero attached hydrogens (tertiary/aromatic N) is 1. The van der Waals surface area contributed by atoms with E-state index in [1.54, 1.807) is 18.2 Å². The molecule has 0 aliphatic heterocycles. The molecule has 0 bridgehead atoms. The van der Waals surface area contributed by atoms with Gasteiger partial charge in [-0.25, -0.2) is 5.43 Å². The minimum absolute atomic E-state index is 0.00972. The molecule has 0 aliphatic carbocycles. The maximum Gasteiger partial charge on any atom is 0.416 e. The van der Waals surface area contributed by atoms with E-state index < -0.39 is 17.6 Å². The van der Waals surface area contributed by atoms with Gasteiger partial charge < -0.3 is 15.2 Å². The van der Waals surface area contributed by atoms with Crippen molar-refractivity contribution >= 4 is 47.1 Å². The zero-order chi connectivity index (χ0) is 26.3. The number of ether oxygens (including phenoxy) is 1. The van der Waals surface area contributed by atoms with Crippen LogP contribution in [0.1, 0.15) is 21.5 Å². The Morgan fingerprint density at radius 3 is 2.47 bits per heavy atom. The number of halogens is 4. The van der Waals surface area contributed by atoms with Crippen LogP contribution in [0.15, 0.2) is 70.7 Å². The van der Waals surface area contributed by atoms with Crippen molar-refractivity contribution in [3.63, 3.8) is 0 Å². The summed E-state index contributed by atoms with van der Waals surface area (Å²) >= 11 is 6.90. The van der Waals surface area contributed by atoms with Crippen LogP contribution >= 0.6 is 23.4 Å². The molecule has 0 unspecified atom stereocenters. The largest absolute Gasteiger partial charge is 0.506 e. The summed E-state index contributed by atoms with van der Waals surface area (Å²) in [7, 11) is 1.43. The van der Waals surface area contributed by atoms with Gasteiger partial charge in [0.05, 0.1) is 29.7 Å². The average molecular weight is 538 g/mol. The lowest BCUT2D eigenvalue weighted by atomic mass is 10.2. The van der Waals surface area contributed by atoms with Crippen molar-refractivity contribution in [1.29, 1.82) is 0 Å². The number of phenolic OH excluding ortho intramolecular Hbond substituents is 1. The molecule has 3 aromatic rings. The highest BCUT2D eigenvalue weighted by molar-refractivity contribution is 8.00. The van der Waals surface area contributed by atoms with E-state index in [0.717, 1.165) is 23.9 Å². The standard InChI is InChI=1S/C24H19ClF3N3O4S/c1-35-21-11-17(30-22(33)13-36-18-7-4-16(5-8-18)24(26,27)28)6-2-15(21)12-29-31-23(34)14-3-9-20(32)19(25)10-14/h2-12,32H,13H2,1H3,(H,30,33)(H,31,34)/b29-12+. The molecule has 0 saturated heterocycles. The predicted molar refractivity (Wildman–Crippen MR) is 132 cm³/mol. The van der Waals surface area contributed by atoms with Gasteiger partial charge in [-0.3, -0.25) is 9.59 Å². The Balaban J connectivity index is 1.56. The maximum atomic E-state index is 12.6. The number of rotatable bonds is 8. The lowest BCUT2D eigenvalue weighted by molar-refractivity contribution is -0.137. The smallest absolute Gasteiger partial charge is 0.416 e. The van der Waals surface area contributed by atoms with Gasteiger partial charge in [-0.15, -0.1) is 11.8 Å². The molecule has 3 aromatic carbocycles. The van der Waals surface area contributed by atoms with Crippen molar-refractivity contribution in [2.75, 3.05) is 18.2 Å². The van der Waals surface area contributed by atoms with E-state index >= 15 is 0 Å². The lowest BCUT2D eigenvalue weighted by Gasteiger charge is -2.10. The van der Waals surface area contributed by atoms with Gasteiger partial charge in [0, 0.05) is 27.8 Å². The number of phenols is 1. The fourth-order valence-electron chi connectivity index (χ4n) is 2.85. The predicted octanol–water partition coefficient (Wildman–Crippen LogP) is 5.57. The van der Waals surface area contributed by atoms with Gasteiger partial charge in [0.25, 0.3) is 5.91 Å². The van der Waals surface area contributed by atoms with E-state index in [9.17, 15) is 27.9 Å². The topological polar surface area (TPSA) is 100 Å². The van der Waals surface area contributed by atoms with Crippen LogP contribution in [0, 0.1) is 0 Å². The van der Waals surface area contributed by atoms with Gasteiger partial charge >= 0.3 is 6.18 Å². The Labute approximate surface area is 213 Å². The van der Waals surface area contributed by atoms with Crippen LogP contribution in [-0.4, -0.2) is 36.0 Å². The second-order valence-electron chi connectivity index (χ2n) is 7.18. The summed E-state index contributed by atoms with van der Waals surface area (Å²) in [6.45, 7) is 0. The number of nitrogens with one attached hydrogen (secondary N) is 2. The van der Waals surface area contributed by atoms with Crippen LogP contribution < -0.4 is 15.5 Å². The number of hydrogen-bond acceptors (Lipinski definition) is 6. The fraction of sp³-hybridized carbons (Fsp3) is 0.125. The first kappa shape index (κ1) is 26.9. The molecule has 0 saturated carbocycles. The number of hydrogen-bond donors (Lipinski definition) is 3. The van der Waals surface area contributed by atoms with Crippen LogP contribution in [0.5, 0.6) is 11.5 Å². The monoisotopic (exact) mass is 537 g/mol. The number of benzene rings is 3. The number of methoxy groups -OCH3 is 1. The molecule has 0 aromatic heterocycles. The van der Waals surface area contributed by atoms with Crippen LogP contribution in [0.4, 0.5) is 18.9 Å². The van der Waals surface area contributed by atoms with Crippen molar-refractivity contribution < 1.29 is 32.6 Å². The third kappa shape index (κ3) is 7.40. The van der Waals surface area contributed by atoms with Crippen molar-refractivity contribution in [3.8, 4) is 11.5 Å². The molecular formula is C24H19ClF3N3O4S. The molecule has 7 nitrogen and oxygen atoms in total. The van der Waals surface area contributed by atoms with Gasteiger partial charge in [-0.05, 0) is 54.6 Å². The second kappa shape index (κ2) is 11.8. The van der Waals surface area contributed by atoms with E-state index in [0.29, 0.717) is 21.9 Å². The zero-order valence-corrected chi connectivity index (χ0v) is 20.2. The number of anilines is 1. The minimum atomic E-state index is -4.41. The molecule has 0 heterocycles. The summed E-state index contributed by atoms with van der Waals surface area (Å²) in [6, 6.07) is 13.3. The lowest BCUT2D eigenvalue weighted by Crippen LogP contribution is -2.17.